The van der Waals surface area contributed by atoms with Gasteiger partial charge in [0.1, 0.15) is 17.9 Å². The Bertz CT molecular complexity index is 1070. The van der Waals surface area contributed by atoms with Crippen LogP contribution < -0.4 is 4.74 Å². The molecule has 2 aliphatic rings. The van der Waals surface area contributed by atoms with Gasteiger partial charge < -0.3 is 4.74 Å². The normalized spacial score (nSPS) is 25.5. The molecule has 1 heterocycles. The minimum atomic E-state index is -0.0345. The summed E-state index contributed by atoms with van der Waals surface area (Å²) in [5.74, 6) is 1.41. The molecule has 1 atom stereocenters. The SMILES string of the molecule is Cc1ccc2c(n1)CC(CCC1C(C)(C)C(Oc3ccc(C#N)c(Cl)c3)C1(C)C)C2=O. The number of rotatable bonds is 5. The lowest BCUT2D eigenvalue weighted by atomic mass is 9.44. The number of hydrogen-bond donors (Lipinski definition) is 0. The van der Waals surface area contributed by atoms with E-state index in [1.54, 1.807) is 12.1 Å². The number of aryl methyl sites for hydroxylation is 1. The van der Waals surface area contributed by atoms with E-state index in [0.717, 1.165) is 36.2 Å². The van der Waals surface area contributed by atoms with E-state index in [1.165, 1.54) is 0 Å². The van der Waals surface area contributed by atoms with Gasteiger partial charge in [-0.25, -0.2) is 0 Å². The number of carbonyl (C=O) groups excluding carboxylic acids is 1. The van der Waals surface area contributed by atoms with Crippen LogP contribution >= 0.6 is 11.6 Å². The first kappa shape index (κ1) is 21.8. The number of benzene rings is 1. The number of Topliss-reactive ketones (excluding diaryl/α,β-unsaturated/α-hetero) is 1. The van der Waals surface area contributed by atoms with Gasteiger partial charge in [-0.3, -0.25) is 9.78 Å². The Morgan fingerprint density at radius 2 is 1.87 bits per heavy atom. The standard InChI is InChI=1S/C26H29ClN2O2/c1-15-6-10-19-21(29-15)12-16(23(19)30)8-11-22-25(2,3)24(26(22,4)5)31-18-9-7-17(14-28)20(27)13-18/h6-7,9-10,13,16,22,24H,8,11-12H2,1-5H3. The third-order valence-electron chi connectivity index (χ3n) is 7.46. The maximum atomic E-state index is 12.8. The highest BCUT2D eigenvalue weighted by Crippen LogP contribution is 2.62. The Morgan fingerprint density at radius 1 is 1.16 bits per heavy atom. The summed E-state index contributed by atoms with van der Waals surface area (Å²) < 4.78 is 6.38. The summed E-state index contributed by atoms with van der Waals surface area (Å²) in [5, 5.41) is 9.50. The van der Waals surface area contributed by atoms with Crippen LogP contribution in [-0.2, 0) is 6.42 Å². The molecular formula is C26H29ClN2O2. The van der Waals surface area contributed by atoms with Crippen molar-refractivity contribution in [3.05, 3.63) is 57.9 Å². The number of hydrogen-bond acceptors (Lipinski definition) is 4. The third kappa shape index (κ3) is 3.64. The van der Waals surface area contributed by atoms with Crippen molar-refractivity contribution in [3.8, 4) is 11.8 Å². The van der Waals surface area contributed by atoms with Crippen molar-refractivity contribution in [2.24, 2.45) is 22.7 Å². The highest BCUT2D eigenvalue weighted by molar-refractivity contribution is 6.31. The second kappa shape index (κ2) is 7.64. The molecule has 1 unspecified atom stereocenters. The van der Waals surface area contributed by atoms with Crippen molar-refractivity contribution in [1.82, 2.24) is 4.98 Å². The average molecular weight is 437 g/mol. The predicted molar refractivity (Wildman–Crippen MR) is 121 cm³/mol. The largest absolute Gasteiger partial charge is 0.489 e. The first-order valence-corrected chi connectivity index (χ1v) is 11.3. The van der Waals surface area contributed by atoms with E-state index >= 15 is 0 Å². The van der Waals surface area contributed by atoms with Gasteiger partial charge in [-0.2, -0.15) is 5.26 Å². The number of fused-ring (bicyclic) bond motifs is 1. The molecule has 0 aliphatic heterocycles. The summed E-state index contributed by atoms with van der Waals surface area (Å²) in [6, 6.07) is 11.2. The zero-order chi connectivity index (χ0) is 22.6. The van der Waals surface area contributed by atoms with Gasteiger partial charge in [-0.05, 0) is 49.9 Å². The number of halogens is 1. The van der Waals surface area contributed by atoms with Crippen LogP contribution in [0.1, 0.15) is 67.8 Å². The maximum absolute atomic E-state index is 12.8. The second-order valence-corrected chi connectivity index (χ2v) is 10.6. The highest BCUT2D eigenvalue weighted by Gasteiger charge is 2.62. The fourth-order valence-corrected chi connectivity index (χ4v) is 6.38. The molecule has 162 valence electrons. The van der Waals surface area contributed by atoms with Crippen molar-refractivity contribution in [2.75, 3.05) is 0 Å². The zero-order valence-corrected chi connectivity index (χ0v) is 19.6. The summed E-state index contributed by atoms with van der Waals surface area (Å²) in [5.41, 5.74) is 3.12. The van der Waals surface area contributed by atoms with Crippen molar-refractivity contribution < 1.29 is 9.53 Å². The van der Waals surface area contributed by atoms with E-state index in [1.807, 2.05) is 25.1 Å². The number of carbonyl (C=O) groups is 1. The van der Waals surface area contributed by atoms with Gasteiger partial charge in [0.2, 0.25) is 0 Å². The predicted octanol–water partition coefficient (Wildman–Crippen LogP) is 6.18. The molecule has 4 nitrogen and oxygen atoms in total. The summed E-state index contributed by atoms with van der Waals surface area (Å²) in [6.45, 7) is 11.0. The van der Waals surface area contributed by atoms with E-state index in [9.17, 15) is 4.79 Å². The molecule has 1 aromatic carbocycles. The zero-order valence-electron chi connectivity index (χ0n) is 18.8. The summed E-state index contributed by atoms with van der Waals surface area (Å²) in [4.78, 5) is 17.4. The summed E-state index contributed by atoms with van der Waals surface area (Å²) >= 11 is 6.19. The fraction of sp³-hybridized carbons (Fsp3) is 0.500. The quantitative estimate of drug-likeness (QED) is 0.561. The summed E-state index contributed by atoms with van der Waals surface area (Å²) in [6.07, 6.45) is 2.64. The second-order valence-electron chi connectivity index (χ2n) is 10.2. The van der Waals surface area contributed by atoms with Crippen LogP contribution in [0, 0.1) is 40.9 Å². The molecule has 1 aromatic heterocycles. The molecule has 2 aromatic rings. The average Bonchev–Trinajstić information content (AvgIpc) is 3.00. The van der Waals surface area contributed by atoms with Gasteiger partial charge in [-0.15, -0.1) is 0 Å². The Balaban J connectivity index is 1.43. The highest BCUT2D eigenvalue weighted by atomic mass is 35.5. The smallest absolute Gasteiger partial charge is 0.168 e. The molecule has 0 bridgehead atoms. The maximum Gasteiger partial charge on any atom is 0.168 e. The number of ether oxygens (including phenoxy) is 1. The van der Waals surface area contributed by atoms with E-state index in [0.29, 0.717) is 22.3 Å². The molecule has 0 radical (unpaired) electrons. The van der Waals surface area contributed by atoms with E-state index < -0.39 is 0 Å². The van der Waals surface area contributed by atoms with E-state index in [-0.39, 0.29) is 28.6 Å². The molecule has 5 heteroatoms. The topological polar surface area (TPSA) is 63.0 Å². The third-order valence-corrected chi connectivity index (χ3v) is 7.77. The van der Waals surface area contributed by atoms with Gasteiger partial charge in [-0.1, -0.05) is 39.3 Å². The van der Waals surface area contributed by atoms with Gasteiger partial charge in [0, 0.05) is 40.5 Å². The minimum absolute atomic E-state index is 0.0230. The van der Waals surface area contributed by atoms with E-state index in [4.69, 9.17) is 21.6 Å². The van der Waals surface area contributed by atoms with Crippen LogP contribution in [0.2, 0.25) is 5.02 Å². The molecule has 1 saturated carbocycles. The van der Waals surface area contributed by atoms with Gasteiger partial charge in [0.15, 0.2) is 5.78 Å². The number of aromatic nitrogens is 1. The van der Waals surface area contributed by atoms with Crippen LogP contribution in [0.15, 0.2) is 30.3 Å². The van der Waals surface area contributed by atoms with Gasteiger partial charge in [0.05, 0.1) is 16.3 Å². The molecule has 0 N–H and O–H groups in total. The van der Waals surface area contributed by atoms with Gasteiger partial charge in [0.25, 0.3) is 0 Å². The Labute approximate surface area is 189 Å². The lowest BCUT2D eigenvalue weighted by Gasteiger charge is -2.63. The van der Waals surface area contributed by atoms with Crippen LogP contribution in [0.4, 0.5) is 0 Å². The van der Waals surface area contributed by atoms with Crippen LogP contribution in [0.3, 0.4) is 0 Å². The molecule has 0 amide bonds. The van der Waals surface area contributed by atoms with Crippen molar-refractivity contribution in [1.29, 1.82) is 5.26 Å². The number of ketones is 1. The van der Waals surface area contributed by atoms with Gasteiger partial charge >= 0.3 is 0 Å². The van der Waals surface area contributed by atoms with Crippen molar-refractivity contribution >= 4 is 17.4 Å². The number of nitriles is 1. The Morgan fingerprint density at radius 3 is 2.52 bits per heavy atom. The molecular weight excluding hydrogens is 408 g/mol. The fourth-order valence-electron chi connectivity index (χ4n) is 6.17. The van der Waals surface area contributed by atoms with Crippen LogP contribution in [-0.4, -0.2) is 16.9 Å². The molecule has 4 rings (SSSR count). The Kier molecular flexibility index (Phi) is 5.38. The first-order chi connectivity index (χ1) is 14.6. The lowest BCUT2D eigenvalue weighted by molar-refractivity contribution is -0.201. The lowest BCUT2D eigenvalue weighted by Crippen LogP contribution is -2.65. The minimum Gasteiger partial charge on any atom is -0.489 e. The van der Waals surface area contributed by atoms with E-state index in [2.05, 4.69) is 38.7 Å². The van der Waals surface area contributed by atoms with Crippen LogP contribution in [0.5, 0.6) is 5.75 Å². The number of pyridine rings is 1. The molecule has 1 fully saturated rings. The first-order valence-electron chi connectivity index (χ1n) is 10.9. The van der Waals surface area contributed by atoms with Crippen molar-refractivity contribution in [2.45, 2.75) is 60.0 Å². The number of nitrogens with zero attached hydrogens (tertiary/aromatic N) is 2. The molecule has 2 aliphatic carbocycles. The molecule has 0 spiro atoms. The summed E-state index contributed by atoms with van der Waals surface area (Å²) in [7, 11) is 0. The molecule has 0 saturated heterocycles. The van der Waals surface area contributed by atoms with Crippen molar-refractivity contribution in [3.63, 3.8) is 0 Å². The monoisotopic (exact) mass is 436 g/mol. The van der Waals surface area contributed by atoms with Crippen LogP contribution in [0.25, 0.3) is 0 Å². The Hall–Kier alpha value is -2.38. The molecule has 31 heavy (non-hydrogen) atoms.